The van der Waals surface area contributed by atoms with Crippen LogP contribution in [0.5, 0.6) is 5.75 Å². The molecule has 2 N–H and O–H groups in total. The number of hydrogen-bond donors (Lipinski definition) is 2. The molecule has 0 radical (unpaired) electrons. The van der Waals surface area contributed by atoms with E-state index in [0.717, 1.165) is 0 Å². The lowest BCUT2D eigenvalue weighted by Gasteiger charge is -2.10. The van der Waals surface area contributed by atoms with Crippen molar-refractivity contribution in [3.05, 3.63) is 23.8 Å². The van der Waals surface area contributed by atoms with E-state index >= 15 is 0 Å². The van der Waals surface area contributed by atoms with Gasteiger partial charge in [0.15, 0.2) is 0 Å². The molecule has 116 valence electrons. The van der Waals surface area contributed by atoms with Crippen LogP contribution in [0.3, 0.4) is 0 Å². The molecule has 0 unspecified atom stereocenters. The molecule has 1 rings (SSSR count). The number of rotatable bonds is 6. The summed E-state index contributed by atoms with van der Waals surface area (Å²) in [5.41, 5.74) is 0.377. The van der Waals surface area contributed by atoms with E-state index < -0.39 is 23.0 Å². The summed E-state index contributed by atoms with van der Waals surface area (Å²) >= 11 is 0. The van der Waals surface area contributed by atoms with Gasteiger partial charge in [0.05, 0.1) is 20.3 Å². The molecular weight excluding hydrogens is 304 g/mol. The van der Waals surface area contributed by atoms with Crippen molar-refractivity contribution in [2.75, 3.05) is 20.3 Å². The van der Waals surface area contributed by atoms with E-state index in [9.17, 15) is 17.2 Å². The van der Waals surface area contributed by atoms with Crippen molar-refractivity contribution in [2.45, 2.75) is 17.7 Å². The van der Waals surface area contributed by atoms with Crippen molar-refractivity contribution in [3.8, 4) is 17.6 Å². The van der Waals surface area contributed by atoms with Crippen molar-refractivity contribution >= 4 is 10.0 Å². The minimum absolute atomic E-state index is 0.0319. The van der Waals surface area contributed by atoms with E-state index in [2.05, 4.69) is 11.8 Å². The number of nitrogens with one attached hydrogen (secondary N) is 1. The third-order valence-corrected chi connectivity index (χ3v) is 3.80. The summed E-state index contributed by atoms with van der Waals surface area (Å²) in [7, 11) is -2.85. The predicted octanol–water partition coefficient (Wildman–Crippen LogP) is 0.973. The quantitative estimate of drug-likeness (QED) is 0.766. The maximum atomic E-state index is 12.1. The number of aliphatic hydroxyl groups excluding tert-OH is 1. The first kappa shape index (κ1) is 17.4. The summed E-state index contributed by atoms with van der Waals surface area (Å²) in [5, 5.41) is 8.63. The molecule has 0 fully saturated rings. The Labute approximate surface area is 122 Å². The standard InChI is InChI=1S/C13H15F2NO4S/c1-20-11-6-5-10(4-2-3-7-17)8-12(11)21(18,19)16-9-13(14)15/h5-6,8,13,16-17H,3,7,9H2,1H3. The number of ether oxygens (including phenoxy) is 1. The molecule has 0 saturated carbocycles. The average molecular weight is 319 g/mol. The molecule has 0 aliphatic rings. The van der Waals surface area contributed by atoms with Crippen molar-refractivity contribution < 1.29 is 27.0 Å². The first-order valence-corrected chi connectivity index (χ1v) is 7.44. The molecule has 0 aliphatic heterocycles. The molecule has 0 saturated heterocycles. The summed E-state index contributed by atoms with van der Waals surface area (Å²) in [5.74, 6) is 5.34. The topological polar surface area (TPSA) is 75.6 Å². The highest BCUT2D eigenvalue weighted by molar-refractivity contribution is 7.89. The van der Waals surface area contributed by atoms with Crippen LogP contribution in [0.4, 0.5) is 8.78 Å². The van der Waals surface area contributed by atoms with Crippen LogP contribution in [0.2, 0.25) is 0 Å². The lowest BCUT2D eigenvalue weighted by molar-refractivity contribution is 0.153. The molecule has 0 heterocycles. The average Bonchev–Trinajstić information content (AvgIpc) is 2.45. The number of methoxy groups -OCH3 is 1. The fraction of sp³-hybridized carbons (Fsp3) is 0.385. The number of halogens is 2. The van der Waals surface area contributed by atoms with E-state index in [4.69, 9.17) is 9.84 Å². The second kappa shape index (κ2) is 7.93. The van der Waals surface area contributed by atoms with Gasteiger partial charge in [0.2, 0.25) is 10.0 Å². The van der Waals surface area contributed by atoms with Gasteiger partial charge in [-0.05, 0) is 18.2 Å². The Balaban J connectivity index is 3.14. The van der Waals surface area contributed by atoms with Crippen molar-refractivity contribution in [3.63, 3.8) is 0 Å². The Morgan fingerprint density at radius 1 is 1.43 bits per heavy atom. The van der Waals surface area contributed by atoms with Crippen molar-refractivity contribution in [1.82, 2.24) is 4.72 Å². The molecule has 1 aromatic rings. The smallest absolute Gasteiger partial charge is 0.251 e. The first-order valence-electron chi connectivity index (χ1n) is 5.96. The third-order valence-electron chi connectivity index (χ3n) is 2.35. The van der Waals surface area contributed by atoms with E-state index in [1.54, 1.807) is 4.72 Å². The van der Waals surface area contributed by atoms with Crippen LogP contribution in [0.1, 0.15) is 12.0 Å². The Hall–Kier alpha value is -1.69. The summed E-state index contributed by atoms with van der Waals surface area (Å²) in [4.78, 5) is -0.263. The van der Waals surface area contributed by atoms with Gasteiger partial charge in [-0.3, -0.25) is 0 Å². The monoisotopic (exact) mass is 319 g/mol. The largest absolute Gasteiger partial charge is 0.495 e. The van der Waals surface area contributed by atoms with Crippen LogP contribution in [-0.2, 0) is 10.0 Å². The summed E-state index contributed by atoms with van der Waals surface area (Å²) in [6.07, 6.45) is -2.55. The fourth-order valence-electron chi connectivity index (χ4n) is 1.44. The van der Waals surface area contributed by atoms with Gasteiger partial charge in [-0.15, -0.1) is 0 Å². The molecule has 1 aromatic carbocycles. The number of sulfonamides is 1. The van der Waals surface area contributed by atoms with Gasteiger partial charge < -0.3 is 9.84 Å². The minimum Gasteiger partial charge on any atom is -0.495 e. The van der Waals surface area contributed by atoms with E-state index in [1.165, 1.54) is 25.3 Å². The van der Waals surface area contributed by atoms with E-state index in [0.29, 0.717) is 5.56 Å². The van der Waals surface area contributed by atoms with Crippen LogP contribution in [0, 0.1) is 11.8 Å². The Morgan fingerprint density at radius 2 is 2.14 bits per heavy atom. The molecule has 5 nitrogen and oxygen atoms in total. The fourth-order valence-corrected chi connectivity index (χ4v) is 2.63. The van der Waals surface area contributed by atoms with Crippen molar-refractivity contribution in [1.29, 1.82) is 0 Å². The molecule has 0 atom stereocenters. The highest BCUT2D eigenvalue weighted by atomic mass is 32.2. The zero-order chi connectivity index (χ0) is 15.9. The highest BCUT2D eigenvalue weighted by Crippen LogP contribution is 2.24. The molecular formula is C13H15F2NO4S. The van der Waals surface area contributed by atoms with Crippen LogP contribution >= 0.6 is 0 Å². The summed E-state index contributed by atoms with van der Waals surface area (Å²) in [6, 6.07) is 4.16. The number of aliphatic hydroxyl groups is 1. The number of benzene rings is 1. The normalized spacial score (nSPS) is 11.1. The zero-order valence-electron chi connectivity index (χ0n) is 11.3. The summed E-state index contributed by atoms with van der Waals surface area (Å²) < 4.78 is 55.0. The maximum absolute atomic E-state index is 12.1. The van der Waals surface area contributed by atoms with Crippen LogP contribution < -0.4 is 9.46 Å². The predicted molar refractivity (Wildman–Crippen MR) is 72.8 cm³/mol. The van der Waals surface area contributed by atoms with Gasteiger partial charge in [-0.25, -0.2) is 21.9 Å². The molecule has 0 aromatic heterocycles. The second-order valence-corrected chi connectivity index (χ2v) is 5.62. The van der Waals surface area contributed by atoms with E-state index in [-0.39, 0.29) is 23.7 Å². The lowest BCUT2D eigenvalue weighted by Crippen LogP contribution is -2.29. The van der Waals surface area contributed by atoms with Crippen LogP contribution in [0.15, 0.2) is 23.1 Å². The minimum atomic E-state index is -4.12. The molecule has 0 spiro atoms. The van der Waals surface area contributed by atoms with E-state index in [1.807, 2.05) is 0 Å². The third kappa shape index (κ3) is 5.30. The molecule has 21 heavy (non-hydrogen) atoms. The number of hydrogen-bond acceptors (Lipinski definition) is 4. The molecule has 8 heteroatoms. The summed E-state index contributed by atoms with van der Waals surface area (Å²) in [6.45, 7) is -1.09. The van der Waals surface area contributed by atoms with Gasteiger partial charge in [-0.2, -0.15) is 0 Å². The van der Waals surface area contributed by atoms with Gasteiger partial charge in [0.25, 0.3) is 6.43 Å². The van der Waals surface area contributed by atoms with Gasteiger partial charge in [0.1, 0.15) is 10.6 Å². The Bertz CT molecular complexity index is 635. The molecule has 0 amide bonds. The van der Waals surface area contributed by atoms with Crippen LogP contribution in [-0.4, -0.2) is 40.2 Å². The Morgan fingerprint density at radius 3 is 2.71 bits per heavy atom. The lowest BCUT2D eigenvalue weighted by atomic mass is 10.2. The van der Waals surface area contributed by atoms with Gasteiger partial charge in [0, 0.05) is 12.0 Å². The number of alkyl halides is 2. The SMILES string of the molecule is COc1ccc(C#CCCO)cc1S(=O)(=O)NCC(F)F. The Kier molecular flexibility index (Phi) is 6.55. The van der Waals surface area contributed by atoms with Crippen LogP contribution in [0.25, 0.3) is 0 Å². The van der Waals surface area contributed by atoms with Crippen molar-refractivity contribution in [2.24, 2.45) is 0 Å². The zero-order valence-corrected chi connectivity index (χ0v) is 12.1. The maximum Gasteiger partial charge on any atom is 0.251 e. The van der Waals surface area contributed by atoms with Gasteiger partial charge >= 0.3 is 0 Å². The first-order chi connectivity index (χ1) is 9.90. The molecule has 0 bridgehead atoms. The molecule has 0 aliphatic carbocycles. The van der Waals surface area contributed by atoms with Gasteiger partial charge in [-0.1, -0.05) is 11.8 Å². The second-order valence-electron chi connectivity index (χ2n) is 3.88. The highest BCUT2D eigenvalue weighted by Gasteiger charge is 2.21.